The number of benzene rings is 1. The predicted octanol–water partition coefficient (Wildman–Crippen LogP) is 2.24. The number of ether oxygens (including phenoxy) is 1. The lowest BCUT2D eigenvalue weighted by molar-refractivity contribution is -0.130. The van der Waals surface area contributed by atoms with E-state index in [9.17, 15) is 4.79 Å². The standard InChI is InChI=1S/C12H14BrNO2/c13-10-4-1-3-9(7-10)8-14-12(15)11-5-2-6-16-11/h1,3-4,7,11H,2,5-6,8H2,(H,14,15)/t11-/m0/s1. The molecular weight excluding hydrogens is 270 g/mol. The van der Waals surface area contributed by atoms with Gasteiger partial charge in [0.15, 0.2) is 0 Å². The van der Waals surface area contributed by atoms with Crippen molar-refractivity contribution in [3.8, 4) is 0 Å². The number of hydrogen-bond acceptors (Lipinski definition) is 2. The van der Waals surface area contributed by atoms with Gasteiger partial charge in [-0.1, -0.05) is 28.1 Å². The van der Waals surface area contributed by atoms with Crippen molar-refractivity contribution in [3.63, 3.8) is 0 Å². The molecule has 1 fully saturated rings. The van der Waals surface area contributed by atoms with Gasteiger partial charge in [-0.25, -0.2) is 0 Å². The number of hydrogen-bond donors (Lipinski definition) is 1. The minimum Gasteiger partial charge on any atom is -0.368 e. The summed E-state index contributed by atoms with van der Waals surface area (Å²) in [6, 6.07) is 7.90. The van der Waals surface area contributed by atoms with E-state index >= 15 is 0 Å². The van der Waals surface area contributed by atoms with Crippen LogP contribution in [0.3, 0.4) is 0 Å². The summed E-state index contributed by atoms with van der Waals surface area (Å²) >= 11 is 3.40. The molecule has 1 amide bonds. The molecule has 0 aromatic heterocycles. The van der Waals surface area contributed by atoms with Gasteiger partial charge in [0.1, 0.15) is 6.10 Å². The van der Waals surface area contributed by atoms with Crippen molar-refractivity contribution in [2.24, 2.45) is 0 Å². The molecule has 2 rings (SSSR count). The van der Waals surface area contributed by atoms with E-state index in [1.165, 1.54) is 0 Å². The minimum absolute atomic E-state index is 0.00234. The van der Waals surface area contributed by atoms with Crippen LogP contribution >= 0.6 is 15.9 Å². The molecule has 1 aliphatic heterocycles. The van der Waals surface area contributed by atoms with Crippen LogP contribution in [0.2, 0.25) is 0 Å². The fourth-order valence-corrected chi connectivity index (χ4v) is 2.18. The van der Waals surface area contributed by atoms with Crippen molar-refractivity contribution < 1.29 is 9.53 Å². The van der Waals surface area contributed by atoms with Gasteiger partial charge in [0.2, 0.25) is 5.91 Å². The van der Waals surface area contributed by atoms with Crippen LogP contribution in [0.4, 0.5) is 0 Å². The van der Waals surface area contributed by atoms with Gasteiger partial charge in [0, 0.05) is 17.6 Å². The van der Waals surface area contributed by atoms with Crippen molar-refractivity contribution in [3.05, 3.63) is 34.3 Å². The van der Waals surface area contributed by atoms with Crippen LogP contribution in [-0.2, 0) is 16.1 Å². The van der Waals surface area contributed by atoms with Gasteiger partial charge in [-0.2, -0.15) is 0 Å². The van der Waals surface area contributed by atoms with Crippen LogP contribution < -0.4 is 5.32 Å². The minimum atomic E-state index is -0.243. The summed E-state index contributed by atoms with van der Waals surface area (Å²) in [6.07, 6.45) is 1.58. The molecule has 1 aliphatic rings. The molecule has 0 unspecified atom stereocenters. The van der Waals surface area contributed by atoms with E-state index in [2.05, 4.69) is 21.2 Å². The van der Waals surface area contributed by atoms with E-state index in [1.54, 1.807) is 0 Å². The quantitative estimate of drug-likeness (QED) is 0.924. The maximum atomic E-state index is 11.7. The van der Waals surface area contributed by atoms with E-state index in [0.717, 1.165) is 22.9 Å². The van der Waals surface area contributed by atoms with E-state index in [1.807, 2.05) is 24.3 Å². The monoisotopic (exact) mass is 283 g/mol. The molecule has 3 nitrogen and oxygen atoms in total. The zero-order valence-corrected chi connectivity index (χ0v) is 10.5. The Morgan fingerprint density at radius 1 is 1.56 bits per heavy atom. The maximum absolute atomic E-state index is 11.7. The summed E-state index contributed by atoms with van der Waals surface area (Å²) in [5, 5.41) is 2.88. The van der Waals surface area contributed by atoms with Gasteiger partial charge >= 0.3 is 0 Å². The number of carbonyl (C=O) groups is 1. The predicted molar refractivity (Wildman–Crippen MR) is 65.0 cm³/mol. The Hall–Kier alpha value is -0.870. The number of amides is 1. The van der Waals surface area contributed by atoms with Crippen molar-refractivity contribution >= 4 is 21.8 Å². The molecule has 0 aliphatic carbocycles. The Kier molecular flexibility index (Phi) is 3.96. The van der Waals surface area contributed by atoms with Crippen LogP contribution in [0.15, 0.2) is 28.7 Å². The van der Waals surface area contributed by atoms with Gasteiger partial charge in [-0.3, -0.25) is 4.79 Å². The molecule has 0 bridgehead atoms. The second-order valence-electron chi connectivity index (χ2n) is 3.85. The molecule has 4 heteroatoms. The third-order valence-electron chi connectivity index (χ3n) is 2.58. The highest BCUT2D eigenvalue weighted by molar-refractivity contribution is 9.10. The van der Waals surface area contributed by atoms with Crippen LogP contribution in [0.5, 0.6) is 0 Å². The molecule has 0 saturated carbocycles. The molecule has 0 radical (unpaired) electrons. The van der Waals surface area contributed by atoms with Gasteiger partial charge in [0.05, 0.1) is 0 Å². The first-order valence-electron chi connectivity index (χ1n) is 5.39. The maximum Gasteiger partial charge on any atom is 0.249 e. The lowest BCUT2D eigenvalue weighted by Crippen LogP contribution is -2.33. The lowest BCUT2D eigenvalue weighted by Gasteiger charge is -2.10. The fraction of sp³-hybridized carbons (Fsp3) is 0.417. The number of carbonyl (C=O) groups excluding carboxylic acids is 1. The highest BCUT2D eigenvalue weighted by Gasteiger charge is 2.22. The number of halogens is 1. The average molecular weight is 284 g/mol. The Morgan fingerprint density at radius 2 is 2.44 bits per heavy atom. The molecule has 16 heavy (non-hydrogen) atoms. The smallest absolute Gasteiger partial charge is 0.249 e. The van der Waals surface area contributed by atoms with Gasteiger partial charge in [-0.05, 0) is 30.5 Å². The summed E-state index contributed by atoms with van der Waals surface area (Å²) in [5.41, 5.74) is 1.08. The van der Waals surface area contributed by atoms with Crippen LogP contribution in [-0.4, -0.2) is 18.6 Å². The molecule has 86 valence electrons. The van der Waals surface area contributed by atoms with E-state index in [0.29, 0.717) is 13.2 Å². The van der Waals surface area contributed by atoms with Gasteiger partial charge < -0.3 is 10.1 Å². The van der Waals surface area contributed by atoms with Crippen LogP contribution in [0.25, 0.3) is 0 Å². The number of nitrogens with one attached hydrogen (secondary N) is 1. The van der Waals surface area contributed by atoms with Crippen molar-refractivity contribution in [2.75, 3.05) is 6.61 Å². The third-order valence-corrected chi connectivity index (χ3v) is 3.07. The lowest BCUT2D eigenvalue weighted by atomic mass is 10.2. The largest absolute Gasteiger partial charge is 0.368 e. The molecule has 1 heterocycles. The summed E-state index contributed by atoms with van der Waals surface area (Å²) in [4.78, 5) is 11.7. The Balaban J connectivity index is 1.84. The summed E-state index contributed by atoms with van der Waals surface area (Å²) in [5.74, 6) is -0.00234. The topological polar surface area (TPSA) is 38.3 Å². The summed E-state index contributed by atoms with van der Waals surface area (Å²) in [6.45, 7) is 1.26. The zero-order valence-electron chi connectivity index (χ0n) is 8.91. The first kappa shape index (κ1) is 11.6. The highest BCUT2D eigenvalue weighted by Crippen LogP contribution is 2.13. The van der Waals surface area contributed by atoms with Crippen LogP contribution in [0.1, 0.15) is 18.4 Å². The Bertz CT molecular complexity index is 375. The second-order valence-corrected chi connectivity index (χ2v) is 4.77. The molecule has 0 spiro atoms. The van der Waals surface area contributed by atoms with E-state index < -0.39 is 0 Å². The molecule has 1 aromatic rings. The molecule has 1 atom stereocenters. The van der Waals surface area contributed by atoms with Crippen LogP contribution in [0, 0.1) is 0 Å². The Labute approximate surface area is 103 Å². The van der Waals surface area contributed by atoms with Gasteiger partial charge in [-0.15, -0.1) is 0 Å². The van der Waals surface area contributed by atoms with Crippen molar-refractivity contribution in [2.45, 2.75) is 25.5 Å². The molecular formula is C12H14BrNO2. The fourth-order valence-electron chi connectivity index (χ4n) is 1.73. The van der Waals surface area contributed by atoms with Gasteiger partial charge in [0.25, 0.3) is 0 Å². The summed E-state index contributed by atoms with van der Waals surface area (Å²) < 4.78 is 6.33. The first-order valence-corrected chi connectivity index (χ1v) is 6.19. The normalized spacial score (nSPS) is 19.7. The highest BCUT2D eigenvalue weighted by atomic mass is 79.9. The SMILES string of the molecule is O=C(NCc1cccc(Br)c1)[C@@H]1CCCO1. The second kappa shape index (κ2) is 5.46. The van der Waals surface area contributed by atoms with E-state index in [-0.39, 0.29) is 12.0 Å². The third kappa shape index (κ3) is 3.06. The molecule has 1 aromatic carbocycles. The van der Waals surface area contributed by atoms with E-state index in [4.69, 9.17) is 4.74 Å². The average Bonchev–Trinajstić information content (AvgIpc) is 2.79. The molecule has 1 N–H and O–H groups in total. The zero-order chi connectivity index (χ0) is 11.4. The first-order chi connectivity index (χ1) is 7.75. The summed E-state index contributed by atoms with van der Waals surface area (Å²) in [7, 11) is 0. The van der Waals surface area contributed by atoms with Crippen molar-refractivity contribution in [1.82, 2.24) is 5.32 Å². The van der Waals surface area contributed by atoms with Crippen molar-refractivity contribution in [1.29, 1.82) is 0 Å². The number of rotatable bonds is 3. The molecule has 1 saturated heterocycles. The Morgan fingerprint density at radius 3 is 3.12 bits per heavy atom.